The van der Waals surface area contributed by atoms with Crippen molar-refractivity contribution in [1.82, 2.24) is 4.98 Å². The number of rotatable bonds is 5. The highest BCUT2D eigenvalue weighted by atomic mass is 32.1. The fourth-order valence-corrected chi connectivity index (χ4v) is 2.32. The lowest BCUT2D eigenvalue weighted by atomic mass is 10.2. The highest BCUT2D eigenvalue weighted by Crippen LogP contribution is 2.21. The van der Waals surface area contributed by atoms with Crippen LogP contribution in [-0.4, -0.2) is 17.6 Å². The summed E-state index contributed by atoms with van der Waals surface area (Å²) in [5, 5.41) is 6.33. The monoisotopic (exact) mass is 276 g/mol. The van der Waals surface area contributed by atoms with Crippen LogP contribution in [0.2, 0.25) is 0 Å². The molecule has 0 amide bonds. The lowest BCUT2D eigenvalue weighted by molar-refractivity contribution is 0.0526. The zero-order chi connectivity index (χ0) is 13.7. The largest absolute Gasteiger partial charge is 0.462 e. The minimum Gasteiger partial charge on any atom is -0.462 e. The number of nitrogens with zero attached hydrogens (tertiary/aromatic N) is 1. The van der Waals surface area contributed by atoms with Crippen LogP contribution in [0, 0.1) is 0 Å². The first-order chi connectivity index (χ1) is 9.20. The minimum atomic E-state index is -0.290. The van der Waals surface area contributed by atoms with E-state index in [0.29, 0.717) is 12.2 Å². The number of aromatic nitrogens is 1. The number of anilines is 1. The van der Waals surface area contributed by atoms with Gasteiger partial charge in [0.2, 0.25) is 0 Å². The molecular formula is C14H16N2O2S. The highest BCUT2D eigenvalue weighted by molar-refractivity contribution is 7.09. The van der Waals surface area contributed by atoms with E-state index in [1.54, 1.807) is 36.6 Å². The number of carbonyl (C=O) groups is 1. The number of hydrogen-bond donors (Lipinski definition) is 1. The standard InChI is InChI=1S/C14H16N2O2S/c1-3-18-14(17)11-4-6-12(7-5-11)16-10(2)13-15-8-9-19-13/h4-10,16H,3H2,1-2H3. The predicted molar refractivity (Wildman–Crippen MR) is 76.6 cm³/mol. The molecule has 1 aromatic heterocycles. The molecule has 1 heterocycles. The Morgan fingerprint density at radius 1 is 1.42 bits per heavy atom. The molecule has 2 aromatic rings. The van der Waals surface area contributed by atoms with Gasteiger partial charge in [0.15, 0.2) is 0 Å². The molecule has 1 aromatic carbocycles. The molecule has 1 atom stereocenters. The van der Waals surface area contributed by atoms with Crippen LogP contribution in [0.1, 0.15) is 35.3 Å². The van der Waals surface area contributed by atoms with Crippen LogP contribution in [0.3, 0.4) is 0 Å². The van der Waals surface area contributed by atoms with E-state index in [0.717, 1.165) is 10.7 Å². The van der Waals surface area contributed by atoms with Crippen LogP contribution in [0.25, 0.3) is 0 Å². The summed E-state index contributed by atoms with van der Waals surface area (Å²) in [6.45, 7) is 4.24. The molecule has 1 unspecified atom stereocenters. The van der Waals surface area contributed by atoms with Crippen molar-refractivity contribution in [3.8, 4) is 0 Å². The minimum absolute atomic E-state index is 0.147. The maximum atomic E-state index is 11.5. The summed E-state index contributed by atoms with van der Waals surface area (Å²) in [5.41, 5.74) is 1.52. The molecule has 5 heteroatoms. The molecular weight excluding hydrogens is 260 g/mol. The van der Waals surface area contributed by atoms with Gasteiger partial charge in [-0.1, -0.05) is 0 Å². The fraction of sp³-hybridized carbons (Fsp3) is 0.286. The molecule has 1 N–H and O–H groups in total. The maximum absolute atomic E-state index is 11.5. The topological polar surface area (TPSA) is 51.2 Å². The molecule has 0 aliphatic rings. The Balaban J connectivity index is 2.01. The van der Waals surface area contributed by atoms with Gasteiger partial charge in [0.05, 0.1) is 18.2 Å². The zero-order valence-electron chi connectivity index (χ0n) is 10.9. The molecule has 0 fully saturated rings. The molecule has 0 saturated heterocycles. The van der Waals surface area contributed by atoms with Crippen molar-refractivity contribution in [2.75, 3.05) is 11.9 Å². The first kappa shape index (κ1) is 13.5. The lowest BCUT2D eigenvalue weighted by Gasteiger charge is -2.12. The van der Waals surface area contributed by atoms with Gasteiger partial charge < -0.3 is 10.1 Å². The van der Waals surface area contributed by atoms with Crippen LogP contribution in [0.15, 0.2) is 35.8 Å². The summed E-state index contributed by atoms with van der Waals surface area (Å²) in [4.78, 5) is 15.8. The number of carbonyl (C=O) groups excluding carboxylic acids is 1. The molecule has 0 bridgehead atoms. The van der Waals surface area contributed by atoms with E-state index in [1.807, 2.05) is 17.5 Å². The number of benzene rings is 1. The second kappa shape index (κ2) is 6.33. The van der Waals surface area contributed by atoms with Crippen molar-refractivity contribution < 1.29 is 9.53 Å². The SMILES string of the molecule is CCOC(=O)c1ccc(NC(C)c2nccs2)cc1. The predicted octanol–water partition coefficient (Wildman–Crippen LogP) is 3.49. The van der Waals surface area contributed by atoms with Crippen LogP contribution in [0.5, 0.6) is 0 Å². The van der Waals surface area contributed by atoms with Crippen LogP contribution < -0.4 is 5.32 Å². The van der Waals surface area contributed by atoms with Crippen LogP contribution in [0.4, 0.5) is 5.69 Å². The Hall–Kier alpha value is -1.88. The van der Waals surface area contributed by atoms with Gasteiger partial charge in [-0.2, -0.15) is 0 Å². The van der Waals surface area contributed by atoms with E-state index in [-0.39, 0.29) is 12.0 Å². The van der Waals surface area contributed by atoms with E-state index in [4.69, 9.17) is 4.74 Å². The van der Waals surface area contributed by atoms with Crippen molar-refractivity contribution in [3.05, 3.63) is 46.4 Å². The van der Waals surface area contributed by atoms with E-state index < -0.39 is 0 Å². The highest BCUT2D eigenvalue weighted by Gasteiger charge is 2.09. The van der Waals surface area contributed by atoms with E-state index in [2.05, 4.69) is 17.2 Å². The van der Waals surface area contributed by atoms with Crippen molar-refractivity contribution >= 4 is 23.0 Å². The van der Waals surface area contributed by atoms with Crippen molar-refractivity contribution in [3.63, 3.8) is 0 Å². The van der Waals surface area contributed by atoms with E-state index in [9.17, 15) is 4.79 Å². The normalized spacial score (nSPS) is 11.9. The third-order valence-electron chi connectivity index (χ3n) is 2.60. The van der Waals surface area contributed by atoms with Gasteiger partial charge in [0.25, 0.3) is 0 Å². The maximum Gasteiger partial charge on any atom is 0.338 e. The van der Waals surface area contributed by atoms with Crippen molar-refractivity contribution in [2.45, 2.75) is 19.9 Å². The molecule has 0 spiro atoms. The first-order valence-electron chi connectivity index (χ1n) is 6.14. The third kappa shape index (κ3) is 3.54. The number of ether oxygens (including phenoxy) is 1. The Morgan fingerprint density at radius 3 is 2.74 bits per heavy atom. The third-order valence-corrected chi connectivity index (χ3v) is 3.56. The number of nitrogens with one attached hydrogen (secondary N) is 1. The molecule has 2 rings (SSSR count). The summed E-state index contributed by atoms with van der Waals surface area (Å²) in [7, 11) is 0. The number of hydrogen-bond acceptors (Lipinski definition) is 5. The van der Waals surface area contributed by atoms with Gasteiger partial charge in [0.1, 0.15) is 5.01 Å². The van der Waals surface area contributed by atoms with Gasteiger partial charge in [-0.3, -0.25) is 0 Å². The summed E-state index contributed by atoms with van der Waals surface area (Å²) in [6.07, 6.45) is 1.79. The Bertz CT molecular complexity index is 523. The first-order valence-corrected chi connectivity index (χ1v) is 7.01. The van der Waals surface area contributed by atoms with Gasteiger partial charge in [-0.05, 0) is 38.1 Å². The van der Waals surface area contributed by atoms with Crippen LogP contribution in [-0.2, 0) is 4.74 Å². The Morgan fingerprint density at radius 2 is 2.16 bits per heavy atom. The van der Waals surface area contributed by atoms with Crippen molar-refractivity contribution in [1.29, 1.82) is 0 Å². The Kier molecular flexibility index (Phi) is 4.52. The molecule has 0 aliphatic carbocycles. The van der Waals surface area contributed by atoms with Crippen LogP contribution >= 0.6 is 11.3 Å². The Labute approximate surface area is 116 Å². The molecule has 100 valence electrons. The second-order valence-electron chi connectivity index (χ2n) is 4.03. The number of thiazole rings is 1. The second-order valence-corrected chi connectivity index (χ2v) is 4.96. The lowest BCUT2D eigenvalue weighted by Crippen LogP contribution is -2.07. The molecule has 0 saturated carbocycles. The zero-order valence-corrected chi connectivity index (χ0v) is 11.7. The molecule has 4 nitrogen and oxygen atoms in total. The smallest absolute Gasteiger partial charge is 0.338 e. The van der Waals surface area contributed by atoms with Gasteiger partial charge in [0, 0.05) is 17.3 Å². The number of esters is 1. The average molecular weight is 276 g/mol. The summed E-state index contributed by atoms with van der Waals surface area (Å²) in [6, 6.07) is 7.41. The van der Waals surface area contributed by atoms with E-state index in [1.165, 1.54) is 0 Å². The van der Waals surface area contributed by atoms with Gasteiger partial charge in [-0.25, -0.2) is 9.78 Å². The summed E-state index contributed by atoms with van der Waals surface area (Å²) >= 11 is 1.62. The molecule has 0 aliphatic heterocycles. The summed E-state index contributed by atoms with van der Waals surface area (Å²) < 4.78 is 4.94. The van der Waals surface area contributed by atoms with Crippen molar-refractivity contribution in [2.24, 2.45) is 0 Å². The average Bonchev–Trinajstić information content (AvgIpc) is 2.94. The quantitative estimate of drug-likeness (QED) is 0.849. The van der Waals surface area contributed by atoms with Gasteiger partial charge in [-0.15, -0.1) is 11.3 Å². The van der Waals surface area contributed by atoms with E-state index >= 15 is 0 Å². The molecule has 0 radical (unpaired) electrons. The molecule has 19 heavy (non-hydrogen) atoms. The summed E-state index contributed by atoms with van der Waals surface area (Å²) in [5.74, 6) is -0.290. The fourth-order valence-electron chi connectivity index (χ4n) is 1.68. The van der Waals surface area contributed by atoms with Gasteiger partial charge >= 0.3 is 5.97 Å².